The number of nitrogens with one attached hydrogen (secondary N) is 1. The van der Waals surface area contributed by atoms with Gasteiger partial charge in [0.25, 0.3) is 0 Å². The quantitative estimate of drug-likeness (QED) is 0.341. The number of aliphatic hydroxyl groups is 1. The van der Waals surface area contributed by atoms with Crippen molar-refractivity contribution in [2.45, 2.75) is 44.2 Å². The Morgan fingerprint density at radius 2 is 1.47 bits per heavy atom. The van der Waals surface area contributed by atoms with Gasteiger partial charge in [-0.25, -0.2) is 0 Å². The Morgan fingerprint density at radius 1 is 0.833 bits per heavy atom. The largest absolute Gasteiger partial charge is 0.508 e. The van der Waals surface area contributed by atoms with E-state index in [1.54, 1.807) is 12.1 Å². The molecule has 1 saturated heterocycles. The van der Waals surface area contributed by atoms with Gasteiger partial charge in [0.1, 0.15) is 11.9 Å². The van der Waals surface area contributed by atoms with Gasteiger partial charge in [0.05, 0.1) is 6.04 Å². The van der Waals surface area contributed by atoms with Crippen molar-refractivity contribution in [3.05, 3.63) is 90.0 Å². The fourth-order valence-electron chi connectivity index (χ4n) is 4.68. The minimum absolute atomic E-state index is 0.0602. The van der Waals surface area contributed by atoms with Gasteiger partial charge in [0, 0.05) is 24.9 Å². The maximum absolute atomic E-state index is 12.8. The lowest BCUT2D eigenvalue weighted by molar-refractivity contribution is -0.123. The van der Waals surface area contributed by atoms with Gasteiger partial charge in [-0.3, -0.25) is 9.59 Å². The van der Waals surface area contributed by atoms with Crippen LogP contribution in [0.1, 0.15) is 54.1 Å². The van der Waals surface area contributed by atoms with Gasteiger partial charge in [-0.05, 0) is 73.3 Å². The van der Waals surface area contributed by atoms with Crippen molar-refractivity contribution in [2.75, 3.05) is 19.6 Å². The summed E-state index contributed by atoms with van der Waals surface area (Å²) in [5.74, 6) is -0.115. The molecule has 0 saturated carbocycles. The van der Waals surface area contributed by atoms with Gasteiger partial charge in [-0.1, -0.05) is 54.6 Å². The molecule has 0 aliphatic carbocycles. The molecule has 6 heteroatoms. The lowest BCUT2D eigenvalue weighted by Crippen LogP contribution is -2.46. The van der Waals surface area contributed by atoms with Crippen molar-refractivity contribution in [1.82, 2.24) is 10.2 Å². The molecule has 1 heterocycles. The van der Waals surface area contributed by atoms with Crippen LogP contribution >= 0.6 is 0 Å². The van der Waals surface area contributed by atoms with Gasteiger partial charge in [0.15, 0.2) is 5.78 Å². The second-order valence-electron chi connectivity index (χ2n) is 9.44. The van der Waals surface area contributed by atoms with Crippen molar-refractivity contribution in [3.63, 3.8) is 0 Å². The number of rotatable bonds is 11. The molecule has 1 aliphatic heterocycles. The van der Waals surface area contributed by atoms with Crippen LogP contribution in [0.15, 0.2) is 78.9 Å². The summed E-state index contributed by atoms with van der Waals surface area (Å²) in [5, 5.41) is 23.6. The van der Waals surface area contributed by atoms with Gasteiger partial charge in [-0.15, -0.1) is 0 Å². The number of phenols is 1. The summed E-state index contributed by atoms with van der Waals surface area (Å²) in [4.78, 5) is 27.4. The molecule has 1 aliphatic rings. The predicted molar refractivity (Wildman–Crippen MR) is 141 cm³/mol. The standard InChI is InChI=1S/C30H34N2O4/c33-26-17-15-24(16-18-26)28(34)9-6-10-29(35)31-27(21-32-19-4-5-20-32)30(36)25-13-11-23(12-14-25)22-7-2-1-3-8-22/h1-3,7-8,11-18,27,30,33,36H,4-6,9-10,19-21H2,(H,31,35)/t27-,30-/m1/s1. The number of phenolic OH excluding ortho intramolecular Hbond substituents is 1. The van der Waals surface area contributed by atoms with E-state index in [0.717, 1.165) is 42.6 Å². The second-order valence-corrected chi connectivity index (χ2v) is 9.44. The Hall–Kier alpha value is -3.48. The summed E-state index contributed by atoms with van der Waals surface area (Å²) in [6, 6.07) is 23.6. The van der Waals surface area contributed by atoms with E-state index in [1.807, 2.05) is 54.6 Å². The van der Waals surface area contributed by atoms with Gasteiger partial charge in [-0.2, -0.15) is 0 Å². The van der Waals surface area contributed by atoms with E-state index in [1.165, 1.54) is 12.1 Å². The van der Waals surface area contributed by atoms with Crippen LogP contribution in [-0.2, 0) is 4.79 Å². The first-order valence-electron chi connectivity index (χ1n) is 12.7. The molecule has 3 aromatic carbocycles. The molecule has 0 aromatic heterocycles. The lowest BCUT2D eigenvalue weighted by Gasteiger charge is -2.29. The maximum atomic E-state index is 12.8. The summed E-state index contributed by atoms with van der Waals surface area (Å²) < 4.78 is 0. The molecule has 4 rings (SSSR count). The van der Waals surface area contributed by atoms with Gasteiger partial charge >= 0.3 is 0 Å². The first kappa shape index (κ1) is 25.6. The highest BCUT2D eigenvalue weighted by Crippen LogP contribution is 2.24. The van der Waals surface area contributed by atoms with Crippen LogP contribution in [0.25, 0.3) is 11.1 Å². The number of aliphatic hydroxyl groups excluding tert-OH is 1. The number of ketones is 1. The first-order chi connectivity index (χ1) is 17.5. The Balaban J connectivity index is 1.36. The van der Waals surface area contributed by atoms with Crippen LogP contribution in [0, 0.1) is 0 Å². The van der Waals surface area contributed by atoms with E-state index in [2.05, 4.69) is 10.2 Å². The molecule has 2 atom stereocenters. The lowest BCUT2D eigenvalue weighted by atomic mass is 9.98. The number of carbonyl (C=O) groups excluding carboxylic acids is 2. The fraction of sp³-hybridized carbons (Fsp3) is 0.333. The Labute approximate surface area is 212 Å². The van der Waals surface area contributed by atoms with Crippen LogP contribution in [0.5, 0.6) is 5.75 Å². The molecule has 0 radical (unpaired) electrons. The van der Waals surface area contributed by atoms with E-state index in [0.29, 0.717) is 18.5 Å². The third-order valence-corrected chi connectivity index (χ3v) is 6.74. The Bertz CT molecular complexity index is 1120. The van der Waals surface area contributed by atoms with Crippen molar-refractivity contribution in [1.29, 1.82) is 0 Å². The van der Waals surface area contributed by atoms with Crippen molar-refractivity contribution in [3.8, 4) is 16.9 Å². The number of aromatic hydroxyl groups is 1. The molecule has 36 heavy (non-hydrogen) atoms. The highest BCUT2D eigenvalue weighted by Gasteiger charge is 2.26. The molecule has 0 bridgehead atoms. The Kier molecular flexibility index (Phi) is 8.87. The van der Waals surface area contributed by atoms with Crippen LogP contribution in [0.3, 0.4) is 0 Å². The van der Waals surface area contributed by atoms with Crippen molar-refractivity contribution in [2.24, 2.45) is 0 Å². The SMILES string of the molecule is O=C(CCCC(=O)c1ccc(O)cc1)N[C@H](CN1CCCC1)[C@H](O)c1ccc(-c2ccccc2)cc1. The molecule has 1 fully saturated rings. The summed E-state index contributed by atoms with van der Waals surface area (Å²) in [5.41, 5.74) is 3.48. The zero-order valence-electron chi connectivity index (χ0n) is 20.5. The molecule has 1 amide bonds. The molecule has 6 nitrogen and oxygen atoms in total. The molecular weight excluding hydrogens is 452 g/mol. The van der Waals surface area contributed by atoms with Crippen LogP contribution in [-0.4, -0.2) is 52.5 Å². The average molecular weight is 487 g/mol. The second kappa shape index (κ2) is 12.5. The van der Waals surface area contributed by atoms with E-state index >= 15 is 0 Å². The molecular formula is C30H34N2O4. The number of hydrogen-bond donors (Lipinski definition) is 3. The highest BCUT2D eigenvalue weighted by molar-refractivity contribution is 5.96. The molecule has 3 N–H and O–H groups in total. The van der Waals surface area contributed by atoms with Crippen LogP contribution < -0.4 is 5.32 Å². The third kappa shape index (κ3) is 7.03. The van der Waals surface area contributed by atoms with Gasteiger partial charge < -0.3 is 20.4 Å². The maximum Gasteiger partial charge on any atom is 0.220 e. The topological polar surface area (TPSA) is 89.9 Å². The molecule has 0 spiro atoms. The van der Waals surface area contributed by atoms with E-state index < -0.39 is 12.1 Å². The fourth-order valence-corrected chi connectivity index (χ4v) is 4.68. The minimum Gasteiger partial charge on any atom is -0.508 e. The highest BCUT2D eigenvalue weighted by atomic mass is 16.3. The number of carbonyl (C=O) groups is 2. The predicted octanol–water partition coefficient (Wildman–Crippen LogP) is 4.73. The monoisotopic (exact) mass is 486 g/mol. The Morgan fingerprint density at radius 3 is 2.14 bits per heavy atom. The summed E-state index contributed by atoms with van der Waals surface area (Å²) in [6.07, 6.45) is 2.30. The number of Topliss-reactive ketones (excluding diaryl/α,β-unsaturated/α-hetero) is 1. The van der Waals surface area contributed by atoms with E-state index in [4.69, 9.17) is 0 Å². The summed E-state index contributed by atoms with van der Waals surface area (Å²) in [6.45, 7) is 2.51. The van der Waals surface area contributed by atoms with E-state index in [9.17, 15) is 19.8 Å². The van der Waals surface area contributed by atoms with Crippen LogP contribution in [0.4, 0.5) is 0 Å². The average Bonchev–Trinajstić information content (AvgIpc) is 3.42. The third-order valence-electron chi connectivity index (χ3n) is 6.74. The minimum atomic E-state index is -0.835. The smallest absolute Gasteiger partial charge is 0.220 e. The zero-order chi connectivity index (χ0) is 25.3. The van der Waals surface area contributed by atoms with Crippen molar-refractivity contribution < 1.29 is 19.8 Å². The van der Waals surface area contributed by atoms with Crippen LogP contribution in [0.2, 0.25) is 0 Å². The molecule has 0 unspecified atom stereocenters. The molecule has 3 aromatic rings. The zero-order valence-corrected chi connectivity index (χ0v) is 20.5. The summed E-state index contributed by atoms with van der Waals surface area (Å²) in [7, 11) is 0. The first-order valence-corrected chi connectivity index (χ1v) is 12.7. The number of hydrogen-bond acceptors (Lipinski definition) is 5. The van der Waals surface area contributed by atoms with E-state index in [-0.39, 0.29) is 30.3 Å². The summed E-state index contributed by atoms with van der Waals surface area (Å²) >= 11 is 0. The van der Waals surface area contributed by atoms with Crippen molar-refractivity contribution >= 4 is 11.7 Å². The van der Waals surface area contributed by atoms with Gasteiger partial charge in [0.2, 0.25) is 5.91 Å². The number of amides is 1. The number of nitrogens with zero attached hydrogens (tertiary/aromatic N) is 1. The normalized spacial score (nSPS) is 15.4. The number of likely N-dealkylation sites (tertiary alicyclic amines) is 1. The number of benzene rings is 3. The molecule has 188 valence electrons.